The molecular formula is C26H48O8Si2. The summed E-state index contributed by atoms with van der Waals surface area (Å²) >= 11 is 0. The summed E-state index contributed by atoms with van der Waals surface area (Å²) in [5, 5.41) is 0. The summed E-state index contributed by atoms with van der Waals surface area (Å²) in [5.74, 6) is -0.281. The topological polar surface area (TPSA) is 89.5 Å². The number of hydrogen-bond donors (Lipinski definition) is 0. The fourth-order valence-corrected chi connectivity index (χ4v) is 11.9. The molecule has 0 amide bonds. The number of esters is 1. The Morgan fingerprint density at radius 2 is 1.31 bits per heavy atom. The average Bonchev–Trinajstić information content (AvgIpc) is 3.26. The van der Waals surface area contributed by atoms with Crippen molar-refractivity contribution < 1.29 is 37.4 Å². The molecule has 0 aromatic rings. The van der Waals surface area contributed by atoms with Crippen molar-refractivity contribution >= 4 is 28.9 Å². The van der Waals surface area contributed by atoms with Crippen LogP contribution in [0, 0.1) is 0 Å². The molecular weight excluding hydrogens is 496 g/mol. The van der Waals surface area contributed by atoms with Crippen LogP contribution in [0.1, 0.15) is 60.8 Å². The lowest BCUT2D eigenvalue weighted by molar-refractivity contribution is -0.255. The summed E-state index contributed by atoms with van der Waals surface area (Å²) in [6.45, 7) is 13.2. The number of carbonyl (C=O) groups excluding carboxylic acids is 2. The van der Waals surface area contributed by atoms with E-state index in [4.69, 9.17) is 27.8 Å². The molecule has 8 atom stereocenters. The molecule has 3 heterocycles. The second-order valence-electron chi connectivity index (χ2n) is 10.6. The highest BCUT2D eigenvalue weighted by Gasteiger charge is 2.60. The van der Waals surface area contributed by atoms with Crippen molar-refractivity contribution in [3.63, 3.8) is 0 Å². The first-order valence-corrected chi connectivity index (χ1v) is 19.2. The highest BCUT2D eigenvalue weighted by molar-refractivity contribution is 6.74. The Labute approximate surface area is 219 Å². The molecule has 3 aliphatic heterocycles. The van der Waals surface area contributed by atoms with Crippen molar-refractivity contribution in [2.24, 2.45) is 0 Å². The fraction of sp³-hybridized carbons (Fsp3) is 0.923. The number of carbonyl (C=O) groups is 2. The van der Waals surface area contributed by atoms with Gasteiger partial charge in [-0.25, -0.2) is 0 Å². The molecule has 0 aromatic heterocycles. The minimum atomic E-state index is -2.05. The summed E-state index contributed by atoms with van der Waals surface area (Å²) in [4.78, 5) is 24.2. The molecule has 3 aliphatic rings. The van der Waals surface area contributed by atoms with E-state index in [1.165, 1.54) is 7.11 Å². The number of ether oxygens (including phenoxy) is 4. The standard InChI is InChI=1S/C26H48O8Si2/c1-8-35(9-2,10-3)33-23-20(17-27)32-25-24(23)31-19-15-14-18(16-21(28)29-7)30-22(19)26(25)34-36(11-4,12-5)13-6/h17-20,22-26H,8-16H2,1-7H3/t18-,19+,20-,22+,23+,24+,25-,26+/m1/s1. The van der Waals surface area contributed by atoms with Crippen LogP contribution in [-0.2, 0) is 37.4 Å². The maximum Gasteiger partial charge on any atom is 0.308 e. The van der Waals surface area contributed by atoms with Crippen molar-refractivity contribution in [2.75, 3.05) is 7.11 Å². The van der Waals surface area contributed by atoms with Crippen molar-refractivity contribution in [3.8, 4) is 0 Å². The highest BCUT2D eigenvalue weighted by Crippen LogP contribution is 2.44. The Kier molecular flexibility index (Phi) is 10.8. The normalized spacial score (nSPS) is 34.6. The summed E-state index contributed by atoms with van der Waals surface area (Å²) in [6.07, 6.45) is -0.555. The molecule has 0 aromatic carbocycles. The van der Waals surface area contributed by atoms with E-state index >= 15 is 0 Å². The first-order chi connectivity index (χ1) is 17.3. The molecule has 10 heteroatoms. The van der Waals surface area contributed by atoms with E-state index in [2.05, 4.69) is 41.5 Å². The second-order valence-corrected chi connectivity index (χ2v) is 20.0. The average molecular weight is 545 g/mol. The van der Waals surface area contributed by atoms with Gasteiger partial charge in [-0.15, -0.1) is 0 Å². The third-order valence-corrected chi connectivity index (χ3v) is 18.4. The Bertz CT molecular complexity index is 712. The SMILES string of the molecule is CC[Si](CC)(CC)O[C@@H]1[C@@H]2O[C@H](C=O)[C@H](O[Si](CC)(CC)CC)[C@@H]2O[C@H]2CC[C@H](CC(=O)OC)O[C@H]12. The van der Waals surface area contributed by atoms with E-state index in [0.717, 1.165) is 49.0 Å². The zero-order valence-corrected chi connectivity index (χ0v) is 25.3. The Morgan fingerprint density at radius 3 is 1.81 bits per heavy atom. The van der Waals surface area contributed by atoms with Gasteiger partial charge in [-0.2, -0.15) is 0 Å². The minimum absolute atomic E-state index is 0.191. The van der Waals surface area contributed by atoms with Gasteiger partial charge in [-0.3, -0.25) is 4.79 Å². The lowest BCUT2D eigenvalue weighted by Crippen LogP contribution is -2.65. The summed E-state index contributed by atoms with van der Waals surface area (Å²) in [6, 6.07) is 5.94. The van der Waals surface area contributed by atoms with E-state index in [-0.39, 0.29) is 42.9 Å². The van der Waals surface area contributed by atoms with Crippen molar-refractivity contribution in [3.05, 3.63) is 0 Å². The van der Waals surface area contributed by atoms with Gasteiger partial charge in [-0.05, 0) is 49.1 Å². The summed E-state index contributed by atoms with van der Waals surface area (Å²) in [7, 11) is -2.67. The van der Waals surface area contributed by atoms with E-state index < -0.39 is 34.9 Å². The first kappa shape index (κ1) is 29.9. The van der Waals surface area contributed by atoms with Gasteiger partial charge in [0.15, 0.2) is 22.9 Å². The molecule has 3 fully saturated rings. The maximum absolute atomic E-state index is 12.2. The quantitative estimate of drug-likeness (QED) is 0.189. The molecule has 0 radical (unpaired) electrons. The van der Waals surface area contributed by atoms with Crippen LogP contribution < -0.4 is 0 Å². The molecule has 0 saturated carbocycles. The third-order valence-electron chi connectivity index (χ3n) is 9.15. The van der Waals surface area contributed by atoms with Gasteiger partial charge >= 0.3 is 5.97 Å². The van der Waals surface area contributed by atoms with Gasteiger partial charge in [0.25, 0.3) is 0 Å². The fourth-order valence-electron chi connectivity index (χ4n) is 6.22. The van der Waals surface area contributed by atoms with E-state index in [0.29, 0.717) is 6.42 Å². The van der Waals surface area contributed by atoms with Crippen LogP contribution >= 0.6 is 0 Å². The zero-order valence-electron chi connectivity index (χ0n) is 23.3. The van der Waals surface area contributed by atoms with Gasteiger partial charge < -0.3 is 32.6 Å². The van der Waals surface area contributed by atoms with Crippen LogP contribution in [0.2, 0.25) is 36.3 Å². The number of fused-ring (bicyclic) bond motifs is 2. The predicted molar refractivity (Wildman–Crippen MR) is 142 cm³/mol. The highest BCUT2D eigenvalue weighted by atomic mass is 28.4. The number of methoxy groups -OCH3 is 1. The summed E-state index contributed by atoms with van der Waals surface area (Å²) in [5.41, 5.74) is 0. The Morgan fingerprint density at radius 1 is 0.778 bits per heavy atom. The van der Waals surface area contributed by atoms with E-state index in [9.17, 15) is 9.59 Å². The predicted octanol–water partition coefficient (Wildman–Crippen LogP) is 4.61. The van der Waals surface area contributed by atoms with E-state index in [1.807, 2.05) is 0 Å². The lowest BCUT2D eigenvalue weighted by Gasteiger charge is -2.50. The third kappa shape index (κ3) is 6.00. The van der Waals surface area contributed by atoms with Gasteiger partial charge in [-0.1, -0.05) is 41.5 Å². The van der Waals surface area contributed by atoms with Crippen LogP contribution in [0.5, 0.6) is 0 Å². The van der Waals surface area contributed by atoms with Crippen molar-refractivity contribution in [2.45, 2.75) is 146 Å². The van der Waals surface area contributed by atoms with Crippen LogP contribution in [0.25, 0.3) is 0 Å². The van der Waals surface area contributed by atoms with Crippen LogP contribution in [-0.4, -0.2) is 84.8 Å². The number of aldehydes is 1. The van der Waals surface area contributed by atoms with Gasteiger partial charge in [0.05, 0.1) is 25.7 Å². The molecule has 3 saturated heterocycles. The molecule has 0 N–H and O–H groups in total. The van der Waals surface area contributed by atoms with Crippen LogP contribution in [0.3, 0.4) is 0 Å². The van der Waals surface area contributed by atoms with Gasteiger partial charge in [0.2, 0.25) is 0 Å². The van der Waals surface area contributed by atoms with Crippen LogP contribution in [0.4, 0.5) is 0 Å². The van der Waals surface area contributed by atoms with Gasteiger partial charge in [0, 0.05) is 0 Å². The largest absolute Gasteiger partial charge is 0.469 e. The zero-order chi connectivity index (χ0) is 26.5. The number of hydrogen-bond acceptors (Lipinski definition) is 8. The summed E-state index contributed by atoms with van der Waals surface area (Å²) < 4.78 is 38.4. The number of rotatable bonds is 13. The van der Waals surface area contributed by atoms with E-state index in [1.54, 1.807) is 0 Å². The van der Waals surface area contributed by atoms with Gasteiger partial charge in [0.1, 0.15) is 36.6 Å². The molecule has 36 heavy (non-hydrogen) atoms. The Balaban J connectivity index is 1.95. The molecule has 8 nitrogen and oxygen atoms in total. The van der Waals surface area contributed by atoms with Crippen molar-refractivity contribution in [1.29, 1.82) is 0 Å². The molecule has 0 unspecified atom stereocenters. The van der Waals surface area contributed by atoms with Crippen molar-refractivity contribution in [1.82, 2.24) is 0 Å². The lowest BCUT2D eigenvalue weighted by atomic mass is 9.88. The second kappa shape index (κ2) is 12.9. The smallest absolute Gasteiger partial charge is 0.308 e. The molecule has 208 valence electrons. The minimum Gasteiger partial charge on any atom is -0.469 e. The molecule has 0 bridgehead atoms. The van der Waals surface area contributed by atoms with Crippen LogP contribution in [0.15, 0.2) is 0 Å². The maximum atomic E-state index is 12.2. The molecule has 0 spiro atoms. The first-order valence-electron chi connectivity index (χ1n) is 14.1. The Hall–Kier alpha value is -0.626. The molecule has 3 rings (SSSR count). The molecule has 0 aliphatic carbocycles. The monoisotopic (exact) mass is 544 g/mol.